The van der Waals surface area contributed by atoms with Gasteiger partial charge >= 0.3 is 0 Å². The van der Waals surface area contributed by atoms with Crippen molar-refractivity contribution in [3.05, 3.63) is 35.4 Å². The Morgan fingerprint density at radius 1 is 1.25 bits per heavy atom. The van der Waals surface area contributed by atoms with E-state index in [1.165, 1.54) is 11.1 Å². The molecule has 0 saturated heterocycles. The number of hydrogen-bond acceptors (Lipinski definition) is 1. The quantitative estimate of drug-likeness (QED) is 0.704. The molecule has 0 aliphatic rings. The van der Waals surface area contributed by atoms with E-state index in [1.807, 2.05) is 0 Å². The summed E-state index contributed by atoms with van der Waals surface area (Å²) < 4.78 is 5.21. The van der Waals surface area contributed by atoms with Crippen molar-refractivity contribution in [2.75, 3.05) is 24.4 Å². The highest BCUT2D eigenvalue weighted by Gasteiger charge is 2.29. The van der Waals surface area contributed by atoms with Gasteiger partial charge in [-0.15, -0.1) is 0 Å². The van der Waals surface area contributed by atoms with E-state index in [0.717, 1.165) is 23.7 Å². The number of benzene rings is 1. The Labute approximate surface area is 115 Å². The van der Waals surface area contributed by atoms with Crippen molar-refractivity contribution in [2.24, 2.45) is 0 Å². The third kappa shape index (κ3) is 3.31. The molecule has 1 aromatic carbocycles. The highest BCUT2D eigenvalue weighted by molar-refractivity contribution is 9.09. The van der Waals surface area contributed by atoms with E-state index in [-0.39, 0.29) is 5.41 Å². The van der Waals surface area contributed by atoms with E-state index < -0.39 is 0 Å². The predicted molar refractivity (Wildman–Crippen MR) is 76.9 cm³/mol. The molecule has 0 aliphatic carbocycles. The molecule has 90 valence electrons. The zero-order chi connectivity index (χ0) is 12.0. The minimum Gasteiger partial charge on any atom is -0.385 e. The molecule has 0 fully saturated rings. The van der Waals surface area contributed by atoms with Crippen LogP contribution < -0.4 is 0 Å². The Bertz CT molecular complexity index is 321. The van der Waals surface area contributed by atoms with Crippen LogP contribution in [-0.4, -0.2) is 24.4 Å². The van der Waals surface area contributed by atoms with E-state index in [4.69, 9.17) is 4.74 Å². The third-order valence-corrected chi connectivity index (χ3v) is 5.07. The van der Waals surface area contributed by atoms with E-state index in [1.54, 1.807) is 7.11 Å². The molecule has 0 radical (unpaired) electrons. The van der Waals surface area contributed by atoms with Gasteiger partial charge in [0.05, 0.1) is 0 Å². The van der Waals surface area contributed by atoms with Gasteiger partial charge < -0.3 is 4.74 Å². The molecule has 0 aromatic heterocycles. The van der Waals surface area contributed by atoms with Crippen molar-refractivity contribution in [3.8, 4) is 0 Å². The van der Waals surface area contributed by atoms with Gasteiger partial charge in [0.25, 0.3) is 0 Å². The van der Waals surface area contributed by atoms with E-state index >= 15 is 0 Å². The fourth-order valence-electron chi connectivity index (χ4n) is 1.74. The second-order valence-electron chi connectivity index (χ2n) is 4.16. The molecule has 0 N–H and O–H groups in total. The first-order valence-electron chi connectivity index (χ1n) is 5.36. The Hall–Kier alpha value is 0.140. The molecule has 0 amide bonds. The van der Waals surface area contributed by atoms with Crippen LogP contribution in [-0.2, 0) is 10.2 Å². The molecule has 0 atom stereocenters. The van der Waals surface area contributed by atoms with Gasteiger partial charge in [-0.2, -0.15) is 0 Å². The molecule has 3 heteroatoms. The number of methoxy groups -OCH3 is 1. The van der Waals surface area contributed by atoms with Crippen molar-refractivity contribution >= 4 is 31.9 Å². The molecule has 0 aliphatic heterocycles. The minimum atomic E-state index is 0.127. The SMILES string of the molecule is COCCC(CBr)(CBr)c1cccc(C)c1. The summed E-state index contributed by atoms with van der Waals surface area (Å²) in [5.74, 6) is 0. The Morgan fingerprint density at radius 2 is 1.94 bits per heavy atom. The second-order valence-corrected chi connectivity index (χ2v) is 5.28. The van der Waals surface area contributed by atoms with Crippen molar-refractivity contribution in [2.45, 2.75) is 18.8 Å². The maximum absolute atomic E-state index is 5.21. The molecule has 1 rings (SSSR count). The number of halogens is 2. The molecule has 1 nitrogen and oxygen atoms in total. The Kier molecular flexibility index (Phi) is 6.01. The number of rotatable bonds is 6. The van der Waals surface area contributed by atoms with Crippen molar-refractivity contribution < 1.29 is 4.74 Å². The summed E-state index contributed by atoms with van der Waals surface area (Å²) in [5.41, 5.74) is 2.81. The number of aryl methyl sites for hydroxylation is 1. The Morgan fingerprint density at radius 3 is 2.44 bits per heavy atom. The molecule has 0 heterocycles. The van der Waals surface area contributed by atoms with Crippen molar-refractivity contribution in [1.82, 2.24) is 0 Å². The summed E-state index contributed by atoms with van der Waals surface area (Å²) in [5, 5.41) is 1.89. The zero-order valence-electron chi connectivity index (χ0n) is 9.80. The monoisotopic (exact) mass is 348 g/mol. The van der Waals surface area contributed by atoms with Gasteiger partial charge in [0.15, 0.2) is 0 Å². The van der Waals surface area contributed by atoms with Gasteiger partial charge in [0, 0.05) is 29.8 Å². The van der Waals surface area contributed by atoms with Crippen LogP contribution in [0.4, 0.5) is 0 Å². The first-order chi connectivity index (χ1) is 7.68. The van der Waals surface area contributed by atoms with E-state index in [0.29, 0.717) is 0 Å². The van der Waals surface area contributed by atoms with Crippen LogP contribution in [0.5, 0.6) is 0 Å². The van der Waals surface area contributed by atoms with Gasteiger partial charge in [-0.1, -0.05) is 61.7 Å². The number of alkyl halides is 2. The first-order valence-corrected chi connectivity index (χ1v) is 7.61. The topological polar surface area (TPSA) is 9.23 Å². The van der Waals surface area contributed by atoms with Gasteiger partial charge in [-0.3, -0.25) is 0 Å². The summed E-state index contributed by atoms with van der Waals surface area (Å²) in [6.45, 7) is 2.91. The summed E-state index contributed by atoms with van der Waals surface area (Å²) in [6.07, 6.45) is 1.02. The molecular weight excluding hydrogens is 332 g/mol. The summed E-state index contributed by atoms with van der Waals surface area (Å²) >= 11 is 7.28. The molecule has 1 aromatic rings. The van der Waals surface area contributed by atoms with Crippen LogP contribution in [0.25, 0.3) is 0 Å². The normalized spacial score (nSPS) is 11.8. The van der Waals surface area contributed by atoms with E-state index in [9.17, 15) is 0 Å². The lowest BCUT2D eigenvalue weighted by atomic mass is 9.81. The molecule has 0 bridgehead atoms. The maximum atomic E-state index is 5.21. The lowest BCUT2D eigenvalue weighted by Gasteiger charge is -2.30. The molecule has 0 unspecified atom stereocenters. The van der Waals surface area contributed by atoms with Crippen LogP contribution in [0.15, 0.2) is 24.3 Å². The minimum absolute atomic E-state index is 0.127. The van der Waals surface area contributed by atoms with Crippen molar-refractivity contribution in [3.63, 3.8) is 0 Å². The average molecular weight is 350 g/mol. The summed E-state index contributed by atoms with van der Waals surface area (Å²) in [6, 6.07) is 8.72. The summed E-state index contributed by atoms with van der Waals surface area (Å²) in [7, 11) is 1.75. The van der Waals surface area contributed by atoms with Gasteiger partial charge in [-0.25, -0.2) is 0 Å². The molecule has 16 heavy (non-hydrogen) atoms. The van der Waals surface area contributed by atoms with Gasteiger partial charge in [0.1, 0.15) is 0 Å². The van der Waals surface area contributed by atoms with E-state index in [2.05, 4.69) is 63.0 Å². The third-order valence-electron chi connectivity index (χ3n) is 2.93. The van der Waals surface area contributed by atoms with Crippen LogP contribution >= 0.6 is 31.9 Å². The van der Waals surface area contributed by atoms with Crippen LogP contribution in [0.1, 0.15) is 17.5 Å². The van der Waals surface area contributed by atoms with Gasteiger partial charge in [-0.05, 0) is 18.9 Å². The lowest BCUT2D eigenvalue weighted by molar-refractivity contribution is 0.177. The number of ether oxygens (including phenoxy) is 1. The highest BCUT2D eigenvalue weighted by Crippen LogP contribution is 2.32. The maximum Gasteiger partial charge on any atom is 0.0471 e. The first kappa shape index (κ1) is 14.2. The standard InChI is InChI=1S/C13H18Br2O/c1-11-4-3-5-12(8-11)13(9-14,10-15)6-7-16-2/h3-5,8H,6-7,9-10H2,1-2H3. The Balaban J connectivity index is 2.99. The fraction of sp³-hybridized carbons (Fsp3) is 0.538. The summed E-state index contributed by atoms with van der Waals surface area (Å²) in [4.78, 5) is 0. The highest BCUT2D eigenvalue weighted by atomic mass is 79.9. The van der Waals surface area contributed by atoms with Gasteiger partial charge in [0.2, 0.25) is 0 Å². The number of hydrogen-bond donors (Lipinski definition) is 0. The average Bonchev–Trinajstić information content (AvgIpc) is 2.31. The van der Waals surface area contributed by atoms with Crippen molar-refractivity contribution in [1.29, 1.82) is 0 Å². The van der Waals surface area contributed by atoms with Crippen LogP contribution in [0.3, 0.4) is 0 Å². The predicted octanol–water partition coefficient (Wildman–Crippen LogP) is 4.06. The molecule has 0 spiro atoms. The lowest BCUT2D eigenvalue weighted by Crippen LogP contribution is -2.31. The second kappa shape index (κ2) is 6.77. The smallest absolute Gasteiger partial charge is 0.0471 e. The molecular formula is C13H18Br2O. The fourth-order valence-corrected chi connectivity index (χ4v) is 3.88. The van der Waals surface area contributed by atoms with Crippen LogP contribution in [0, 0.1) is 6.92 Å². The molecule has 0 saturated carbocycles. The zero-order valence-corrected chi connectivity index (χ0v) is 13.0. The largest absolute Gasteiger partial charge is 0.385 e. The van der Waals surface area contributed by atoms with Crippen LogP contribution in [0.2, 0.25) is 0 Å².